The van der Waals surface area contributed by atoms with Crippen molar-refractivity contribution in [1.82, 2.24) is 14.9 Å². The highest BCUT2D eigenvalue weighted by atomic mass is 32.1. The molecule has 0 amide bonds. The van der Waals surface area contributed by atoms with Gasteiger partial charge in [0, 0.05) is 17.7 Å². The standard InChI is InChI=1S/C17H20F3N3O3S/c1-2-3-11-8-12-13(27-11)22-10-23(14(12)24)9-16(4-6-21-7-5-16)26-15(25)17(18,19)20/h8,10,21H,2-7,9H2,1H3. The zero-order chi connectivity index (χ0) is 19.7. The third-order valence-corrected chi connectivity index (χ3v) is 5.68. The minimum atomic E-state index is -5.08. The van der Waals surface area contributed by atoms with Crippen molar-refractivity contribution < 1.29 is 22.7 Å². The van der Waals surface area contributed by atoms with Gasteiger partial charge in [-0.05, 0) is 25.6 Å². The van der Waals surface area contributed by atoms with Gasteiger partial charge in [0.1, 0.15) is 10.4 Å². The van der Waals surface area contributed by atoms with E-state index in [9.17, 15) is 22.8 Å². The van der Waals surface area contributed by atoms with E-state index >= 15 is 0 Å². The summed E-state index contributed by atoms with van der Waals surface area (Å²) in [6.45, 7) is 2.67. The van der Waals surface area contributed by atoms with Gasteiger partial charge in [-0.1, -0.05) is 13.3 Å². The molecule has 0 aliphatic carbocycles. The molecule has 2 aromatic rings. The first-order valence-electron chi connectivity index (χ1n) is 8.73. The number of ether oxygens (including phenoxy) is 1. The van der Waals surface area contributed by atoms with E-state index in [0.29, 0.717) is 23.3 Å². The Balaban J connectivity index is 1.92. The van der Waals surface area contributed by atoms with Crippen molar-refractivity contribution in [2.24, 2.45) is 0 Å². The van der Waals surface area contributed by atoms with Crippen molar-refractivity contribution >= 4 is 27.5 Å². The van der Waals surface area contributed by atoms with Gasteiger partial charge >= 0.3 is 12.1 Å². The lowest BCUT2D eigenvalue weighted by Crippen LogP contribution is -2.51. The Bertz CT molecular complexity index is 885. The summed E-state index contributed by atoms with van der Waals surface area (Å²) in [5.41, 5.74) is -1.72. The third kappa shape index (κ3) is 4.32. The Hall–Kier alpha value is -1.94. The molecule has 1 N–H and O–H groups in total. The quantitative estimate of drug-likeness (QED) is 0.777. The Morgan fingerprint density at radius 3 is 2.74 bits per heavy atom. The Morgan fingerprint density at radius 2 is 2.11 bits per heavy atom. The van der Waals surface area contributed by atoms with Gasteiger partial charge in [0.25, 0.3) is 5.56 Å². The molecule has 0 spiro atoms. The number of halogens is 3. The Kier molecular flexibility index (Phi) is 5.57. The van der Waals surface area contributed by atoms with Crippen molar-refractivity contribution in [1.29, 1.82) is 0 Å². The van der Waals surface area contributed by atoms with Crippen LogP contribution in [-0.4, -0.2) is 40.4 Å². The van der Waals surface area contributed by atoms with Crippen molar-refractivity contribution in [3.05, 3.63) is 27.6 Å². The molecule has 3 rings (SSSR count). The van der Waals surface area contributed by atoms with Gasteiger partial charge in [-0.25, -0.2) is 9.78 Å². The van der Waals surface area contributed by atoms with Gasteiger partial charge in [0.15, 0.2) is 0 Å². The predicted octanol–water partition coefficient (Wildman–Crippen LogP) is 2.64. The minimum absolute atomic E-state index is 0.156. The molecule has 1 fully saturated rings. The molecule has 6 nitrogen and oxygen atoms in total. The molecule has 1 aliphatic rings. The number of carbonyl (C=O) groups is 1. The maximum absolute atomic E-state index is 12.8. The number of alkyl halides is 3. The molecule has 0 aromatic carbocycles. The number of nitrogens with zero attached hydrogens (tertiary/aromatic N) is 2. The monoisotopic (exact) mass is 403 g/mol. The number of rotatable bonds is 5. The van der Waals surface area contributed by atoms with E-state index in [2.05, 4.69) is 10.3 Å². The molecule has 0 bridgehead atoms. The number of fused-ring (bicyclic) bond motifs is 1. The van der Waals surface area contributed by atoms with Crippen LogP contribution >= 0.6 is 11.3 Å². The third-order valence-electron chi connectivity index (χ3n) is 4.58. The molecule has 148 valence electrons. The summed E-state index contributed by atoms with van der Waals surface area (Å²) in [7, 11) is 0. The van der Waals surface area contributed by atoms with E-state index in [1.165, 1.54) is 22.2 Å². The van der Waals surface area contributed by atoms with Crippen LogP contribution in [0.25, 0.3) is 10.2 Å². The molecule has 0 radical (unpaired) electrons. The van der Waals surface area contributed by atoms with Crippen LogP contribution in [0, 0.1) is 0 Å². The van der Waals surface area contributed by atoms with Crippen LogP contribution in [0.4, 0.5) is 13.2 Å². The number of aromatic nitrogens is 2. The van der Waals surface area contributed by atoms with Crippen LogP contribution in [0.15, 0.2) is 17.2 Å². The summed E-state index contributed by atoms with van der Waals surface area (Å²) >= 11 is 1.44. The van der Waals surface area contributed by atoms with E-state index in [1.54, 1.807) is 6.07 Å². The van der Waals surface area contributed by atoms with Crippen molar-refractivity contribution in [2.75, 3.05) is 13.1 Å². The average Bonchev–Trinajstić information content (AvgIpc) is 3.01. The number of piperidine rings is 1. The molecule has 1 saturated heterocycles. The van der Waals surface area contributed by atoms with Crippen LogP contribution < -0.4 is 10.9 Å². The normalized spacial score (nSPS) is 17.2. The summed E-state index contributed by atoms with van der Waals surface area (Å²) in [5, 5.41) is 3.47. The second-order valence-corrected chi connectivity index (χ2v) is 7.79. The first-order chi connectivity index (χ1) is 12.7. The largest absolute Gasteiger partial charge is 0.490 e. The fraction of sp³-hybridized carbons (Fsp3) is 0.588. The summed E-state index contributed by atoms with van der Waals surface area (Å²) < 4.78 is 44.2. The van der Waals surface area contributed by atoms with Crippen molar-refractivity contribution in [3.63, 3.8) is 0 Å². The van der Waals surface area contributed by atoms with Gasteiger partial charge in [-0.2, -0.15) is 13.2 Å². The molecule has 2 aromatic heterocycles. The maximum Gasteiger partial charge on any atom is 0.490 e. The van der Waals surface area contributed by atoms with Crippen molar-refractivity contribution in [2.45, 2.75) is 50.9 Å². The fourth-order valence-corrected chi connectivity index (χ4v) is 4.32. The van der Waals surface area contributed by atoms with Gasteiger partial charge in [-0.15, -0.1) is 11.3 Å². The second-order valence-electron chi connectivity index (χ2n) is 6.68. The van der Waals surface area contributed by atoms with Crippen LogP contribution in [0.3, 0.4) is 0 Å². The lowest BCUT2D eigenvalue weighted by molar-refractivity contribution is -0.217. The molecule has 27 heavy (non-hydrogen) atoms. The topological polar surface area (TPSA) is 73.2 Å². The summed E-state index contributed by atoms with van der Waals surface area (Å²) in [6.07, 6.45) is -1.62. The molecule has 10 heteroatoms. The van der Waals surface area contributed by atoms with E-state index in [1.807, 2.05) is 6.92 Å². The highest BCUT2D eigenvalue weighted by Crippen LogP contribution is 2.30. The van der Waals surface area contributed by atoms with Gasteiger partial charge in [0.2, 0.25) is 0 Å². The minimum Gasteiger partial charge on any atom is -0.450 e. The zero-order valence-electron chi connectivity index (χ0n) is 14.8. The molecule has 3 heterocycles. The molecule has 0 unspecified atom stereocenters. The fourth-order valence-electron chi connectivity index (χ4n) is 3.23. The highest BCUT2D eigenvalue weighted by molar-refractivity contribution is 7.18. The molecule has 0 saturated carbocycles. The van der Waals surface area contributed by atoms with E-state index in [4.69, 9.17) is 4.74 Å². The summed E-state index contributed by atoms with van der Waals surface area (Å²) in [5.74, 6) is -2.23. The smallest absolute Gasteiger partial charge is 0.450 e. The lowest BCUT2D eigenvalue weighted by atomic mass is 9.91. The Labute approximate surface area is 157 Å². The number of nitrogens with one attached hydrogen (secondary N) is 1. The molecule has 0 atom stereocenters. The number of esters is 1. The van der Waals surface area contributed by atoms with Crippen molar-refractivity contribution in [3.8, 4) is 0 Å². The van der Waals surface area contributed by atoms with Gasteiger partial charge in [0.05, 0.1) is 18.3 Å². The lowest BCUT2D eigenvalue weighted by Gasteiger charge is -2.37. The number of hydrogen-bond acceptors (Lipinski definition) is 6. The first-order valence-corrected chi connectivity index (χ1v) is 9.54. The maximum atomic E-state index is 12.8. The van der Waals surface area contributed by atoms with Gasteiger partial charge < -0.3 is 10.1 Å². The van der Waals surface area contributed by atoms with Crippen LogP contribution in [0.2, 0.25) is 0 Å². The average molecular weight is 403 g/mol. The zero-order valence-corrected chi connectivity index (χ0v) is 15.6. The number of aryl methyl sites for hydroxylation is 1. The summed E-state index contributed by atoms with van der Waals surface area (Å²) in [4.78, 5) is 30.1. The molecular formula is C17H20F3N3O3S. The van der Waals surface area contributed by atoms with E-state index in [-0.39, 0.29) is 24.9 Å². The highest BCUT2D eigenvalue weighted by Gasteiger charge is 2.47. The summed E-state index contributed by atoms with van der Waals surface area (Å²) in [6, 6.07) is 1.78. The SMILES string of the molecule is CCCc1cc2c(=O)n(CC3(OC(=O)C(F)(F)F)CCNCC3)cnc2s1. The second kappa shape index (κ2) is 7.59. The van der Waals surface area contributed by atoms with Crippen LogP contribution in [0.1, 0.15) is 31.1 Å². The van der Waals surface area contributed by atoms with E-state index < -0.39 is 17.7 Å². The number of carbonyl (C=O) groups excluding carboxylic acids is 1. The van der Waals surface area contributed by atoms with E-state index in [0.717, 1.165) is 17.7 Å². The molecule has 1 aliphatic heterocycles. The van der Waals surface area contributed by atoms with Crippen LogP contribution in [-0.2, 0) is 22.5 Å². The number of thiophene rings is 1. The van der Waals surface area contributed by atoms with Crippen LogP contribution in [0.5, 0.6) is 0 Å². The molecular weight excluding hydrogens is 383 g/mol. The first kappa shape index (κ1) is 19.8. The Morgan fingerprint density at radius 1 is 1.41 bits per heavy atom. The number of hydrogen-bond donors (Lipinski definition) is 1. The predicted molar refractivity (Wildman–Crippen MR) is 94.9 cm³/mol. The van der Waals surface area contributed by atoms with Gasteiger partial charge in [-0.3, -0.25) is 9.36 Å².